The van der Waals surface area contributed by atoms with E-state index in [4.69, 9.17) is 4.74 Å². The van der Waals surface area contributed by atoms with Crippen LogP contribution in [-0.4, -0.2) is 17.9 Å². The Labute approximate surface area is 95.2 Å². The third kappa shape index (κ3) is 2.08. The summed E-state index contributed by atoms with van der Waals surface area (Å²) in [5.74, 6) is -0.697. The van der Waals surface area contributed by atoms with Gasteiger partial charge in [-0.1, -0.05) is 18.2 Å². The number of rotatable bonds is 3. The summed E-state index contributed by atoms with van der Waals surface area (Å²) in [6.07, 6.45) is 8.78. The second-order valence-electron chi connectivity index (χ2n) is 4.95. The summed E-state index contributed by atoms with van der Waals surface area (Å²) in [5.41, 5.74) is -0.777. The van der Waals surface area contributed by atoms with Crippen LogP contribution in [0.1, 0.15) is 26.7 Å². The first kappa shape index (κ1) is 11.1. The lowest BCUT2D eigenvalue weighted by atomic mass is 9.75. The van der Waals surface area contributed by atoms with E-state index in [1.165, 1.54) is 6.08 Å². The van der Waals surface area contributed by atoms with Gasteiger partial charge >= 0.3 is 5.97 Å². The molecular formula is C13H16O3. The van der Waals surface area contributed by atoms with Crippen LogP contribution < -0.4 is 0 Å². The summed E-state index contributed by atoms with van der Waals surface area (Å²) < 4.78 is 5.28. The minimum atomic E-state index is -0.777. The average Bonchev–Trinajstić information content (AvgIpc) is 3.02. The zero-order valence-corrected chi connectivity index (χ0v) is 9.60. The Morgan fingerprint density at radius 1 is 1.38 bits per heavy atom. The molecule has 0 N–H and O–H groups in total. The highest BCUT2D eigenvalue weighted by atomic mass is 16.5. The topological polar surface area (TPSA) is 43.4 Å². The molecule has 0 aromatic carbocycles. The van der Waals surface area contributed by atoms with Crippen LogP contribution in [0.2, 0.25) is 0 Å². The van der Waals surface area contributed by atoms with Crippen LogP contribution in [0, 0.1) is 11.3 Å². The predicted molar refractivity (Wildman–Crippen MR) is 59.7 cm³/mol. The molecule has 2 aliphatic rings. The van der Waals surface area contributed by atoms with Gasteiger partial charge in [0.15, 0.2) is 5.78 Å². The molecule has 1 atom stereocenters. The van der Waals surface area contributed by atoms with Gasteiger partial charge in [-0.15, -0.1) is 0 Å². The van der Waals surface area contributed by atoms with Crippen LogP contribution in [0.25, 0.3) is 0 Å². The lowest BCUT2D eigenvalue weighted by molar-refractivity contribution is -0.159. The molecule has 0 aromatic rings. The summed E-state index contributed by atoms with van der Waals surface area (Å²) >= 11 is 0. The maximum atomic E-state index is 11.9. The lowest BCUT2D eigenvalue weighted by Crippen LogP contribution is -2.38. The average molecular weight is 220 g/mol. The van der Waals surface area contributed by atoms with Crippen LogP contribution in [-0.2, 0) is 14.3 Å². The molecule has 3 nitrogen and oxygen atoms in total. The van der Waals surface area contributed by atoms with Gasteiger partial charge in [0.1, 0.15) is 6.10 Å². The highest BCUT2D eigenvalue weighted by Gasteiger charge is 2.42. The largest absolute Gasteiger partial charge is 0.462 e. The van der Waals surface area contributed by atoms with Crippen molar-refractivity contribution in [1.82, 2.24) is 0 Å². The number of esters is 1. The molecule has 0 heterocycles. The zero-order valence-electron chi connectivity index (χ0n) is 9.60. The summed E-state index contributed by atoms with van der Waals surface area (Å²) in [7, 11) is 0. The third-order valence-corrected chi connectivity index (χ3v) is 3.08. The molecule has 16 heavy (non-hydrogen) atoms. The molecule has 2 rings (SSSR count). The predicted octanol–water partition coefficient (Wildman–Crippen LogP) is 2.03. The van der Waals surface area contributed by atoms with Crippen molar-refractivity contribution in [2.24, 2.45) is 11.3 Å². The maximum Gasteiger partial charge on any atom is 0.312 e. The summed E-state index contributed by atoms with van der Waals surface area (Å²) in [4.78, 5) is 23.6. The van der Waals surface area contributed by atoms with E-state index in [0.29, 0.717) is 0 Å². The van der Waals surface area contributed by atoms with Crippen molar-refractivity contribution in [3.05, 3.63) is 24.3 Å². The van der Waals surface area contributed by atoms with Gasteiger partial charge in [0.25, 0.3) is 0 Å². The molecular weight excluding hydrogens is 204 g/mol. The van der Waals surface area contributed by atoms with Gasteiger partial charge in [-0.05, 0) is 32.8 Å². The second kappa shape index (κ2) is 3.89. The van der Waals surface area contributed by atoms with Gasteiger partial charge in [-0.25, -0.2) is 0 Å². The molecule has 1 unspecified atom stereocenters. The first-order valence-corrected chi connectivity index (χ1v) is 5.61. The van der Waals surface area contributed by atoms with E-state index < -0.39 is 11.3 Å². The highest BCUT2D eigenvalue weighted by molar-refractivity contribution is 5.98. The molecule has 0 saturated heterocycles. The molecule has 1 saturated carbocycles. The van der Waals surface area contributed by atoms with Crippen molar-refractivity contribution in [3.63, 3.8) is 0 Å². The first-order chi connectivity index (χ1) is 7.51. The lowest BCUT2D eigenvalue weighted by Gasteiger charge is -2.29. The molecule has 1 fully saturated rings. The monoisotopic (exact) mass is 220 g/mol. The van der Waals surface area contributed by atoms with Crippen LogP contribution in [0.5, 0.6) is 0 Å². The number of carbonyl (C=O) groups is 2. The van der Waals surface area contributed by atoms with E-state index >= 15 is 0 Å². The van der Waals surface area contributed by atoms with Gasteiger partial charge in [0.05, 0.1) is 11.3 Å². The van der Waals surface area contributed by atoms with Gasteiger partial charge in [-0.2, -0.15) is 0 Å². The Balaban J connectivity index is 2.10. The number of allylic oxidation sites excluding steroid dienone is 4. The van der Waals surface area contributed by atoms with E-state index in [1.54, 1.807) is 32.1 Å². The van der Waals surface area contributed by atoms with Crippen LogP contribution in [0.3, 0.4) is 0 Å². The summed E-state index contributed by atoms with van der Waals surface area (Å²) in [6.45, 7) is 3.54. The minimum Gasteiger partial charge on any atom is -0.462 e. The maximum absolute atomic E-state index is 11.9. The van der Waals surface area contributed by atoms with E-state index in [1.807, 2.05) is 0 Å². The van der Waals surface area contributed by atoms with Crippen molar-refractivity contribution in [1.29, 1.82) is 0 Å². The Morgan fingerprint density at radius 3 is 2.62 bits per heavy atom. The molecule has 2 aliphatic carbocycles. The third-order valence-electron chi connectivity index (χ3n) is 3.08. The van der Waals surface area contributed by atoms with Gasteiger partial charge < -0.3 is 4.74 Å². The Hall–Kier alpha value is -1.38. The van der Waals surface area contributed by atoms with Crippen molar-refractivity contribution in [2.45, 2.75) is 32.8 Å². The number of ketones is 1. The van der Waals surface area contributed by atoms with Crippen LogP contribution in [0.4, 0.5) is 0 Å². The van der Waals surface area contributed by atoms with Gasteiger partial charge in [0.2, 0.25) is 0 Å². The Morgan fingerprint density at radius 2 is 2.06 bits per heavy atom. The fourth-order valence-corrected chi connectivity index (χ4v) is 1.74. The van der Waals surface area contributed by atoms with Crippen molar-refractivity contribution >= 4 is 11.8 Å². The standard InChI is InChI=1S/C13H16O3/c1-13(2,12(15)16-9-7-8-9)10-5-3-4-6-11(10)14/h3-6,9-10H,7-8H2,1-2H3. The van der Waals surface area contributed by atoms with Crippen molar-refractivity contribution < 1.29 is 14.3 Å². The molecule has 0 spiro atoms. The second-order valence-corrected chi connectivity index (χ2v) is 4.95. The summed E-state index contributed by atoms with van der Waals surface area (Å²) in [5, 5.41) is 0. The molecule has 3 heteroatoms. The summed E-state index contributed by atoms with van der Waals surface area (Å²) in [6, 6.07) is 0. The molecule has 0 radical (unpaired) electrons. The van der Waals surface area contributed by atoms with E-state index in [-0.39, 0.29) is 17.9 Å². The molecule has 0 aliphatic heterocycles. The number of hydrogen-bond acceptors (Lipinski definition) is 3. The number of carbonyl (C=O) groups excluding carboxylic acids is 2. The first-order valence-electron chi connectivity index (χ1n) is 5.61. The Kier molecular flexibility index (Phi) is 2.70. The van der Waals surface area contributed by atoms with E-state index in [0.717, 1.165) is 12.8 Å². The van der Waals surface area contributed by atoms with Crippen molar-refractivity contribution in [2.75, 3.05) is 0 Å². The normalized spacial score (nSPS) is 24.6. The smallest absolute Gasteiger partial charge is 0.312 e. The van der Waals surface area contributed by atoms with Crippen molar-refractivity contribution in [3.8, 4) is 0 Å². The zero-order chi connectivity index (χ0) is 11.8. The SMILES string of the molecule is CC(C)(C(=O)OC1CC1)C1C=CC=CC1=O. The fourth-order valence-electron chi connectivity index (χ4n) is 1.74. The van der Waals surface area contributed by atoms with Crippen LogP contribution >= 0.6 is 0 Å². The van der Waals surface area contributed by atoms with E-state index in [9.17, 15) is 9.59 Å². The molecule has 0 bridgehead atoms. The van der Waals surface area contributed by atoms with Gasteiger partial charge in [0, 0.05) is 0 Å². The number of hydrogen-bond donors (Lipinski definition) is 0. The highest BCUT2D eigenvalue weighted by Crippen LogP contribution is 2.35. The van der Waals surface area contributed by atoms with Gasteiger partial charge in [-0.3, -0.25) is 9.59 Å². The molecule has 86 valence electrons. The number of ether oxygens (including phenoxy) is 1. The van der Waals surface area contributed by atoms with E-state index in [2.05, 4.69) is 0 Å². The van der Waals surface area contributed by atoms with Crippen LogP contribution in [0.15, 0.2) is 24.3 Å². The molecule has 0 aromatic heterocycles. The quantitative estimate of drug-likeness (QED) is 0.683. The Bertz CT molecular complexity index is 373. The fraction of sp³-hybridized carbons (Fsp3) is 0.538. The molecule has 0 amide bonds. The minimum absolute atomic E-state index is 0.0275.